The molecule has 2 unspecified atom stereocenters. The summed E-state index contributed by atoms with van der Waals surface area (Å²) in [6.45, 7) is 4.57. The molecule has 4 rings (SSSR count). The standard InChI is InChI=1S/C30H34FN3O4/c1-22-6-5-17-34(18-22)19-29(35)33-28(21-37-20-23-7-3-2-4-8-23)30(36)32-25-11-15-27(16-12-25)38-26-13-9-24(31)10-14-26/h2-4,7-16,22,28H,5-6,17-21H2,1H3,(H,32,36)(H,33,35). The van der Waals surface area contributed by atoms with Crippen LogP contribution in [-0.2, 0) is 20.9 Å². The number of nitrogens with one attached hydrogen (secondary N) is 2. The molecule has 2 atom stereocenters. The van der Waals surface area contributed by atoms with Gasteiger partial charge in [-0.1, -0.05) is 37.3 Å². The van der Waals surface area contributed by atoms with Crippen molar-refractivity contribution >= 4 is 17.5 Å². The van der Waals surface area contributed by atoms with Crippen molar-refractivity contribution < 1.29 is 23.5 Å². The number of anilines is 1. The summed E-state index contributed by atoms with van der Waals surface area (Å²) in [6, 6.07) is 21.4. The zero-order valence-corrected chi connectivity index (χ0v) is 21.6. The van der Waals surface area contributed by atoms with Crippen LogP contribution in [-0.4, -0.2) is 49.0 Å². The number of halogens is 1. The molecule has 7 nitrogen and oxygen atoms in total. The van der Waals surface area contributed by atoms with Crippen LogP contribution in [0, 0.1) is 11.7 Å². The van der Waals surface area contributed by atoms with Crippen LogP contribution in [0.3, 0.4) is 0 Å². The summed E-state index contributed by atoms with van der Waals surface area (Å²) in [6.07, 6.45) is 2.24. The molecule has 38 heavy (non-hydrogen) atoms. The van der Waals surface area contributed by atoms with E-state index in [-0.39, 0.29) is 30.8 Å². The Morgan fingerprint density at radius 2 is 1.68 bits per heavy atom. The van der Waals surface area contributed by atoms with Gasteiger partial charge in [0.25, 0.3) is 0 Å². The third-order valence-electron chi connectivity index (χ3n) is 6.33. The van der Waals surface area contributed by atoms with Gasteiger partial charge in [-0.05, 0) is 79.4 Å². The minimum absolute atomic E-state index is 0.0363. The fraction of sp³-hybridized carbons (Fsp3) is 0.333. The minimum Gasteiger partial charge on any atom is -0.457 e. The first kappa shape index (κ1) is 27.3. The number of amides is 2. The molecule has 0 radical (unpaired) electrons. The number of carbonyl (C=O) groups excluding carboxylic acids is 2. The predicted molar refractivity (Wildman–Crippen MR) is 144 cm³/mol. The number of benzene rings is 3. The number of hydrogen-bond acceptors (Lipinski definition) is 5. The van der Waals surface area contributed by atoms with Gasteiger partial charge >= 0.3 is 0 Å². The van der Waals surface area contributed by atoms with Gasteiger partial charge in [0.15, 0.2) is 0 Å². The van der Waals surface area contributed by atoms with Crippen molar-refractivity contribution in [3.8, 4) is 11.5 Å². The van der Waals surface area contributed by atoms with E-state index in [1.807, 2.05) is 30.3 Å². The van der Waals surface area contributed by atoms with Crippen molar-refractivity contribution in [1.29, 1.82) is 0 Å². The first-order valence-corrected chi connectivity index (χ1v) is 12.9. The average Bonchev–Trinajstić information content (AvgIpc) is 2.91. The van der Waals surface area contributed by atoms with E-state index in [9.17, 15) is 14.0 Å². The van der Waals surface area contributed by atoms with E-state index < -0.39 is 6.04 Å². The molecule has 0 aromatic heterocycles. The molecule has 0 spiro atoms. The zero-order valence-electron chi connectivity index (χ0n) is 21.6. The minimum atomic E-state index is -0.858. The van der Waals surface area contributed by atoms with Gasteiger partial charge in [0.05, 0.1) is 19.8 Å². The van der Waals surface area contributed by atoms with Crippen LogP contribution in [0.25, 0.3) is 0 Å². The summed E-state index contributed by atoms with van der Waals surface area (Å²) in [5.74, 6) is 0.692. The van der Waals surface area contributed by atoms with Gasteiger partial charge in [0, 0.05) is 12.2 Å². The van der Waals surface area contributed by atoms with Crippen molar-refractivity contribution in [2.75, 3.05) is 31.6 Å². The van der Waals surface area contributed by atoms with Crippen molar-refractivity contribution in [2.24, 2.45) is 5.92 Å². The summed E-state index contributed by atoms with van der Waals surface area (Å²) in [7, 11) is 0. The summed E-state index contributed by atoms with van der Waals surface area (Å²) < 4.78 is 24.6. The van der Waals surface area contributed by atoms with Crippen LogP contribution < -0.4 is 15.4 Å². The van der Waals surface area contributed by atoms with Gasteiger partial charge in [0.2, 0.25) is 11.8 Å². The van der Waals surface area contributed by atoms with Gasteiger partial charge < -0.3 is 20.1 Å². The second-order valence-electron chi connectivity index (χ2n) is 9.67. The highest BCUT2D eigenvalue weighted by molar-refractivity contribution is 5.97. The molecule has 1 aliphatic heterocycles. The van der Waals surface area contributed by atoms with E-state index >= 15 is 0 Å². The first-order chi connectivity index (χ1) is 18.4. The quantitative estimate of drug-likeness (QED) is 0.373. The Morgan fingerprint density at radius 1 is 1.00 bits per heavy atom. The SMILES string of the molecule is CC1CCCN(CC(=O)NC(COCc2ccccc2)C(=O)Nc2ccc(Oc3ccc(F)cc3)cc2)C1. The highest BCUT2D eigenvalue weighted by atomic mass is 19.1. The number of ether oxygens (including phenoxy) is 2. The summed E-state index contributed by atoms with van der Waals surface area (Å²) in [5.41, 5.74) is 1.53. The van der Waals surface area contributed by atoms with Crippen molar-refractivity contribution in [1.82, 2.24) is 10.2 Å². The molecule has 2 N–H and O–H groups in total. The monoisotopic (exact) mass is 519 g/mol. The Bertz CT molecular complexity index is 1170. The molecule has 1 saturated heterocycles. The zero-order chi connectivity index (χ0) is 26.7. The average molecular weight is 520 g/mol. The second-order valence-corrected chi connectivity index (χ2v) is 9.67. The normalized spacial score (nSPS) is 16.4. The Balaban J connectivity index is 1.35. The lowest BCUT2D eigenvalue weighted by Gasteiger charge is -2.30. The van der Waals surface area contributed by atoms with Crippen molar-refractivity contribution in [2.45, 2.75) is 32.4 Å². The maximum absolute atomic E-state index is 13.2. The van der Waals surface area contributed by atoms with Gasteiger partial charge in [-0.25, -0.2) is 4.39 Å². The smallest absolute Gasteiger partial charge is 0.249 e. The first-order valence-electron chi connectivity index (χ1n) is 12.9. The fourth-order valence-corrected chi connectivity index (χ4v) is 4.40. The largest absolute Gasteiger partial charge is 0.457 e. The van der Waals surface area contributed by atoms with Gasteiger partial charge in [0.1, 0.15) is 23.4 Å². The van der Waals surface area contributed by atoms with Gasteiger partial charge in [-0.15, -0.1) is 0 Å². The Morgan fingerprint density at radius 3 is 2.37 bits per heavy atom. The number of piperidine rings is 1. The molecular formula is C30H34FN3O4. The number of nitrogens with zero attached hydrogens (tertiary/aromatic N) is 1. The number of rotatable bonds is 11. The highest BCUT2D eigenvalue weighted by Crippen LogP contribution is 2.23. The molecule has 3 aromatic rings. The molecule has 1 fully saturated rings. The Hall–Kier alpha value is -3.75. The van der Waals surface area contributed by atoms with E-state index in [4.69, 9.17) is 9.47 Å². The summed E-state index contributed by atoms with van der Waals surface area (Å²) in [4.78, 5) is 28.1. The molecule has 0 saturated carbocycles. The summed E-state index contributed by atoms with van der Waals surface area (Å²) >= 11 is 0. The maximum Gasteiger partial charge on any atom is 0.249 e. The molecular weight excluding hydrogens is 485 g/mol. The topological polar surface area (TPSA) is 79.9 Å². The van der Waals surface area contributed by atoms with Crippen molar-refractivity contribution in [3.63, 3.8) is 0 Å². The van der Waals surface area contributed by atoms with Crippen LogP contribution in [0.4, 0.5) is 10.1 Å². The van der Waals surface area contributed by atoms with E-state index in [0.29, 0.717) is 29.7 Å². The van der Waals surface area contributed by atoms with Gasteiger partial charge in [-0.3, -0.25) is 14.5 Å². The summed E-state index contributed by atoms with van der Waals surface area (Å²) in [5, 5.41) is 5.71. The van der Waals surface area contributed by atoms with Crippen LogP contribution in [0.2, 0.25) is 0 Å². The second kappa shape index (κ2) is 13.7. The van der Waals surface area contributed by atoms with E-state index in [0.717, 1.165) is 25.1 Å². The number of likely N-dealkylation sites (tertiary alicyclic amines) is 1. The third kappa shape index (κ3) is 8.68. The Labute approximate surface area is 222 Å². The lowest BCUT2D eigenvalue weighted by atomic mass is 10.0. The molecule has 1 aliphatic rings. The third-order valence-corrected chi connectivity index (χ3v) is 6.33. The maximum atomic E-state index is 13.2. The van der Waals surface area contributed by atoms with E-state index in [1.165, 1.54) is 30.7 Å². The molecule has 0 aliphatic carbocycles. The van der Waals surface area contributed by atoms with Crippen LogP contribution in [0.5, 0.6) is 11.5 Å². The lowest BCUT2D eigenvalue weighted by Crippen LogP contribution is -2.50. The van der Waals surface area contributed by atoms with Crippen LogP contribution in [0.1, 0.15) is 25.3 Å². The number of carbonyl (C=O) groups is 2. The molecule has 0 bridgehead atoms. The lowest BCUT2D eigenvalue weighted by molar-refractivity contribution is -0.129. The van der Waals surface area contributed by atoms with E-state index in [1.54, 1.807) is 24.3 Å². The highest BCUT2D eigenvalue weighted by Gasteiger charge is 2.24. The van der Waals surface area contributed by atoms with Crippen LogP contribution >= 0.6 is 0 Å². The van der Waals surface area contributed by atoms with Crippen LogP contribution in [0.15, 0.2) is 78.9 Å². The molecule has 2 amide bonds. The predicted octanol–water partition coefficient (Wildman–Crippen LogP) is 4.99. The number of hydrogen-bond donors (Lipinski definition) is 2. The molecule has 8 heteroatoms. The van der Waals surface area contributed by atoms with Crippen molar-refractivity contribution in [3.05, 3.63) is 90.2 Å². The van der Waals surface area contributed by atoms with E-state index in [2.05, 4.69) is 22.5 Å². The van der Waals surface area contributed by atoms with Gasteiger partial charge in [-0.2, -0.15) is 0 Å². The fourth-order valence-electron chi connectivity index (χ4n) is 4.40. The molecule has 1 heterocycles. The molecule has 3 aromatic carbocycles. The Kier molecular flexibility index (Phi) is 9.84. The molecule has 200 valence electrons.